The van der Waals surface area contributed by atoms with Crippen LogP contribution in [-0.4, -0.2) is 39.9 Å². The van der Waals surface area contributed by atoms with Gasteiger partial charge in [0.15, 0.2) is 11.5 Å². The summed E-state index contributed by atoms with van der Waals surface area (Å²) in [5, 5.41) is 7.46. The number of H-pyrrole nitrogens is 1. The van der Waals surface area contributed by atoms with E-state index in [0.717, 1.165) is 42.7 Å². The fourth-order valence-corrected chi connectivity index (χ4v) is 5.48. The van der Waals surface area contributed by atoms with Crippen molar-refractivity contribution in [3.8, 4) is 0 Å². The minimum Gasteiger partial charge on any atom is -0.337 e. The maximum atomic E-state index is 13.0. The highest BCUT2D eigenvalue weighted by atomic mass is 16.2. The molecule has 1 aromatic heterocycles. The number of benzene rings is 1. The number of piperidine rings is 1. The summed E-state index contributed by atoms with van der Waals surface area (Å²) in [4.78, 5) is 27.9. The summed E-state index contributed by atoms with van der Waals surface area (Å²) in [7, 11) is 0. The van der Waals surface area contributed by atoms with Crippen molar-refractivity contribution in [3.05, 3.63) is 52.3 Å². The van der Waals surface area contributed by atoms with Crippen LogP contribution in [0.15, 0.2) is 24.3 Å². The molecule has 1 saturated heterocycles. The van der Waals surface area contributed by atoms with Gasteiger partial charge in [-0.1, -0.05) is 24.3 Å². The van der Waals surface area contributed by atoms with Crippen LogP contribution >= 0.6 is 0 Å². The van der Waals surface area contributed by atoms with E-state index in [4.69, 9.17) is 0 Å². The number of nitrogens with one attached hydrogen (secondary N) is 1. The number of carbonyl (C=O) groups is 2. The molecule has 1 aliphatic heterocycles. The Hall–Kier alpha value is -2.43. The van der Waals surface area contributed by atoms with Crippen LogP contribution < -0.4 is 0 Å². The molecular weight excluding hydrogens is 326 g/mol. The van der Waals surface area contributed by atoms with Crippen molar-refractivity contribution in [2.75, 3.05) is 13.1 Å². The lowest BCUT2D eigenvalue weighted by Gasteiger charge is -2.38. The Morgan fingerprint density at radius 2 is 2.04 bits per heavy atom. The number of amides is 1. The Morgan fingerprint density at radius 1 is 1.23 bits per heavy atom. The number of fused-ring (bicyclic) bond motifs is 4. The van der Waals surface area contributed by atoms with Crippen molar-refractivity contribution in [1.29, 1.82) is 0 Å². The summed E-state index contributed by atoms with van der Waals surface area (Å²) in [6, 6.07) is 7.96. The van der Waals surface area contributed by atoms with E-state index in [0.29, 0.717) is 24.7 Å². The number of hydrogen-bond acceptors (Lipinski definition) is 3. The van der Waals surface area contributed by atoms with Crippen molar-refractivity contribution in [2.45, 2.75) is 38.0 Å². The molecule has 3 aliphatic carbocycles. The van der Waals surface area contributed by atoms with Crippen LogP contribution in [0.1, 0.15) is 62.8 Å². The number of hydrogen-bond donors (Lipinski definition) is 1. The summed E-state index contributed by atoms with van der Waals surface area (Å²) in [5.74, 6) is 1.69. The molecule has 132 valence electrons. The molecule has 1 saturated carbocycles. The molecule has 2 fully saturated rings. The van der Waals surface area contributed by atoms with Crippen LogP contribution in [0.2, 0.25) is 0 Å². The third-order valence-corrected chi connectivity index (χ3v) is 7.14. The van der Waals surface area contributed by atoms with Crippen LogP contribution in [0.3, 0.4) is 0 Å². The van der Waals surface area contributed by atoms with Crippen molar-refractivity contribution in [2.24, 2.45) is 11.3 Å². The highest BCUT2D eigenvalue weighted by molar-refractivity contribution is 6.05. The van der Waals surface area contributed by atoms with Gasteiger partial charge in [-0.25, -0.2) is 0 Å². The number of carbonyl (C=O) groups excluding carboxylic acids is 2. The lowest BCUT2D eigenvalue weighted by atomic mass is 9.75. The molecule has 26 heavy (non-hydrogen) atoms. The minimum absolute atomic E-state index is 0.0432. The van der Waals surface area contributed by atoms with Gasteiger partial charge in [-0.05, 0) is 43.6 Å². The lowest BCUT2D eigenvalue weighted by Crippen LogP contribution is -2.46. The fraction of sp³-hybridized carbons (Fsp3) is 0.476. The van der Waals surface area contributed by atoms with Crippen molar-refractivity contribution < 1.29 is 9.59 Å². The Balaban J connectivity index is 1.21. The zero-order valence-electron chi connectivity index (χ0n) is 14.6. The Bertz CT molecular complexity index is 952. The summed E-state index contributed by atoms with van der Waals surface area (Å²) < 4.78 is 0. The van der Waals surface area contributed by atoms with Gasteiger partial charge in [-0.3, -0.25) is 14.7 Å². The topological polar surface area (TPSA) is 66.1 Å². The van der Waals surface area contributed by atoms with Gasteiger partial charge in [0.1, 0.15) is 0 Å². The second-order valence-electron chi connectivity index (χ2n) is 8.51. The van der Waals surface area contributed by atoms with Crippen molar-refractivity contribution in [3.63, 3.8) is 0 Å². The molecule has 1 amide bonds. The van der Waals surface area contributed by atoms with E-state index in [1.165, 1.54) is 17.7 Å². The highest BCUT2D eigenvalue weighted by Crippen LogP contribution is 2.56. The van der Waals surface area contributed by atoms with Gasteiger partial charge in [0.25, 0.3) is 5.91 Å². The van der Waals surface area contributed by atoms with E-state index in [1.54, 1.807) is 0 Å². The third kappa shape index (κ3) is 1.83. The first-order valence-corrected chi connectivity index (χ1v) is 9.65. The lowest BCUT2D eigenvalue weighted by molar-refractivity contribution is 0.0513. The molecule has 2 aromatic rings. The molecule has 2 heterocycles. The molecule has 1 spiro atoms. The minimum atomic E-state index is -0.296. The zero-order chi connectivity index (χ0) is 17.5. The summed E-state index contributed by atoms with van der Waals surface area (Å²) in [6.45, 7) is 1.29. The van der Waals surface area contributed by atoms with Gasteiger partial charge in [-0.15, -0.1) is 0 Å². The number of nitrogens with zero attached hydrogens (tertiary/aromatic N) is 2. The van der Waals surface area contributed by atoms with E-state index in [1.807, 2.05) is 23.1 Å². The molecule has 0 bridgehead atoms. The first-order chi connectivity index (χ1) is 12.7. The molecule has 0 radical (unpaired) electrons. The number of aromatic amines is 1. The van der Waals surface area contributed by atoms with Gasteiger partial charge in [0.2, 0.25) is 0 Å². The van der Waals surface area contributed by atoms with Gasteiger partial charge in [0, 0.05) is 41.2 Å². The van der Waals surface area contributed by atoms with E-state index in [2.05, 4.69) is 16.3 Å². The molecule has 5 heteroatoms. The van der Waals surface area contributed by atoms with Crippen molar-refractivity contribution in [1.82, 2.24) is 15.1 Å². The maximum absolute atomic E-state index is 13.0. The quantitative estimate of drug-likeness (QED) is 0.863. The van der Waals surface area contributed by atoms with Gasteiger partial charge in [-0.2, -0.15) is 5.10 Å². The van der Waals surface area contributed by atoms with Gasteiger partial charge >= 0.3 is 0 Å². The molecule has 0 unspecified atom stereocenters. The highest BCUT2D eigenvalue weighted by Gasteiger charge is 2.50. The van der Waals surface area contributed by atoms with E-state index in [-0.39, 0.29) is 17.1 Å². The zero-order valence-corrected chi connectivity index (χ0v) is 14.6. The first kappa shape index (κ1) is 14.7. The first-order valence-electron chi connectivity index (χ1n) is 9.65. The number of Topliss-reactive ketones (excluding diaryl/α,β-unsaturated/α-hetero) is 1. The molecule has 4 aliphatic rings. The molecule has 5 nitrogen and oxygen atoms in total. The van der Waals surface area contributed by atoms with E-state index < -0.39 is 0 Å². The number of rotatable bonds is 1. The van der Waals surface area contributed by atoms with Gasteiger partial charge < -0.3 is 4.90 Å². The molecular formula is C21H21N3O2. The number of ketones is 1. The normalized spacial score (nSPS) is 27.4. The van der Waals surface area contributed by atoms with E-state index >= 15 is 0 Å². The molecule has 2 atom stereocenters. The predicted octanol–water partition coefficient (Wildman–Crippen LogP) is 2.73. The average molecular weight is 347 g/mol. The molecule has 6 rings (SSSR count). The van der Waals surface area contributed by atoms with Gasteiger partial charge in [0.05, 0.1) is 0 Å². The average Bonchev–Trinajstić information content (AvgIpc) is 3.03. The monoisotopic (exact) mass is 347 g/mol. The standard InChI is InChI=1S/C21H21N3O2/c25-19-14-4-2-1-3-12(14)11-21(19)5-7-24(8-6-21)20(26)18-16-10-13-9-15(13)17(16)22-23-18/h1-4,13,15H,5-11H2,(H,22,23)/t13-,15-/m1/s1. The number of aromatic nitrogens is 2. The fourth-order valence-electron chi connectivity index (χ4n) is 5.48. The van der Waals surface area contributed by atoms with Crippen LogP contribution in [0.4, 0.5) is 0 Å². The van der Waals surface area contributed by atoms with Crippen LogP contribution in [0.25, 0.3) is 0 Å². The SMILES string of the molecule is O=C(c1n[nH]c2c1C[C@H]1C[C@@H]21)N1CCC2(CC1)Cc1ccccc1C2=O. The molecule has 1 aromatic carbocycles. The summed E-state index contributed by atoms with van der Waals surface area (Å²) in [6.07, 6.45) is 4.58. The second-order valence-corrected chi connectivity index (χ2v) is 8.51. The van der Waals surface area contributed by atoms with Crippen LogP contribution in [0.5, 0.6) is 0 Å². The predicted molar refractivity (Wildman–Crippen MR) is 95.2 cm³/mol. The number of likely N-dealkylation sites (tertiary alicyclic amines) is 1. The van der Waals surface area contributed by atoms with Crippen molar-refractivity contribution >= 4 is 11.7 Å². The largest absolute Gasteiger partial charge is 0.337 e. The Labute approximate surface area is 151 Å². The second kappa shape index (κ2) is 4.84. The van der Waals surface area contributed by atoms with Crippen LogP contribution in [-0.2, 0) is 12.8 Å². The third-order valence-electron chi connectivity index (χ3n) is 7.14. The smallest absolute Gasteiger partial charge is 0.274 e. The summed E-state index contributed by atoms with van der Waals surface area (Å²) >= 11 is 0. The van der Waals surface area contributed by atoms with Crippen LogP contribution in [0, 0.1) is 11.3 Å². The maximum Gasteiger partial charge on any atom is 0.274 e. The summed E-state index contributed by atoms with van der Waals surface area (Å²) in [5.41, 5.74) is 4.74. The Morgan fingerprint density at radius 3 is 2.85 bits per heavy atom. The van der Waals surface area contributed by atoms with E-state index in [9.17, 15) is 9.59 Å². The molecule has 1 N–H and O–H groups in total. The Kier molecular flexibility index (Phi) is 2.74.